The molecule has 0 aliphatic heterocycles. The Morgan fingerprint density at radius 2 is 2.43 bits per heavy atom. The molecule has 14 heavy (non-hydrogen) atoms. The zero-order valence-corrected chi connectivity index (χ0v) is 7.86. The molecule has 1 aromatic heterocycles. The SMILES string of the molecule is O=c1[nH]cncc1CC1=CC=CCC1. The molecular weight excluding hydrogens is 176 g/mol. The van der Waals surface area contributed by atoms with E-state index in [0.717, 1.165) is 18.4 Å². The van der Waals surface area contributed by atoms with Gasteiger partial charge in [-0.25, -0.2) is 4.98 Å². The van der Waals surface area contributed by atoms with E-state index in [9.17, 15) is 4.79 Å². The van der Waals surface area contributed by atoms with Gasteiger partial charge >= 0.3 is 0 Å². The van der Waals surface area contributed by atoms with Crippen molar-refractivity contribution in [3.63, 3.8) is 0 Å². The maximum absolute atomic E-state index is 11.4. The van der Waals surface area contributed by atoms with Gasteiger partial charge in [0.05, 0.1) is 6.33 Å². The number of hydrogen-bond acceptors (Lipinski definition) is 2. The van der Waals surface area contributed by atoms with Gasteiger partial charge in [0.1, 0.15) is 0 Å². The van der Waals surface area contributed by atoms with Gasteiger partial charge in [0, 0.05) is 18.2 Å². The molecule has 0 aromatic carbocycles. The van der Waals surface area contributed by atoms with Gasteiger partial charge in [0.25, 0.3) is 5.56 Å². The molecule has 0 fully saturated rings. The first kappa shape index (κ1) is 8.94. The highest BCUT2D eigenvalue weighted by molar-refractivity contribution is 5.23. The molecule has 2 rings (SSSR count). The first-order valence-electron chi connectivity index (χ1n) is 4.72. The van der Waals surface area contributed by atoms with Crippen LogP contribution in [0.2, 0.25) is 0 Å². The first-order valence-corrected chi connectivity index (χ1v) is 4.72. The predicted molar refractivity (Wildman–Crippen MR) is 55.0 cm³/mol. The minimum atomic E-state index is -0.0320. The summed E-state index contributed by atoms with van der Waals surface area (Å²) < 4.78 is 0. The largest absolute Gasteiger partial charge is 0.313 e. The molecule has 1 aliphatic rings. The average molecular weight is 188 g/mol. The van der Waals surface area contributed by atoms with Crippen LogP contribution in [0.5, 0.6) is 0 Å². The topological polar surface area (TPSA) is 45.8 Å². The van der Waals surface area contributed by atoms with Gasteiger partial charge < -0.3 is 4.98 Å². The Morgan fingerprint density at radius 1 is 1.50 bits per heavy atom. The third-order valence-corrected chi connectivity index (χ3v) is 2.31. The van der Waals surface area contributed by atoms with Gasteiger partial charge in [0.15, 0.2) is 0 Å². The van der Waals surface area contributed by atoms with Crippen molar-refractivity contribution in [2.75, 3.05) is 0 Å². The summed E-state index contributed by atoms with van der Waals surface area (Å²) in [5.41, 5.74) is 2.01. The number of aromatic amines is 1. The highest BCUT2D eigenvalue weighted by Crippen LogP contribution is 2.14. The molecule has 1 N–H and O–H groups in total. The van der Waals surface area contributed by atoms with Crippen LogP contribution in [-0.4, -0.2) is 9.97 Å². The third-order valence-electron chi connectivity index (χ3n) is 2.31. The summed E-state index contributed by atoms with van der Waals surface area (Å²) in [6, 6.07) is 0. The van der Waals surface area contributed by atoms with Crippen molar-refractivity contribution in [2.24, 2.45) is 0 Å². The van der Waals surface area contributed by atoms with Crippen molar-refractivity contribution in [1.82, 2.24) is 9.97 Å². The molecule has 1 heterocycles. The van der Waals surface area contributed by atoms with E-state index in [4.69, 9.17) is 0 Å². The van der Waals surface area contributed by atoms with Crippen LogP contribution in [-0.2, 0) is 6.42 Å². The molecule has 1 aromatic rings. The standard InChI is InChI=1S/C11H12N2O/c14-11-10(7-12-8-13-11)6-9-4-2-1-3-5-9/h1-2,4,7-8H,3,5-6H2,(H,12,13,14). The van der Waals surface area contributed by atoms with Gasteiger partial charge in [-0.2, -0.15) is 0 Å². The predicted octanol–water partition coefficient (Wildman–Crippen LogP) is 1.59. The molecule has 0 saturated heterocycles. The molecule has 0 amide bonds. The van der Waals surface area contributed by atoms with Crippen molar-refractivity contribution < 1.29 is 0 Å². The molecular formula is C11H12N2O. The summed E-state index contributed by atoms with van der Waals surface area (Å²) in [6.45, 7) is 0. The second kappa shape index (κ2) is 4.05. The Balaban J connectivity index is 2.18. The van der Waals surface area contributed by atoms with Crippen molar-refractivity contribution >= 4 is 0 Å². The van der Waals surface area contributed by atoms with Gasteiger partial charge in [0.2, 0.25) is 0 Å². The number of nitrogens with one attached hydrogen (secondary N) is 1. The lowest BCUT2D eigenvalue weighted by Crippen LogP contribution is -2.13. The molecule has 0 spiro atoms. The van der Waals surface area contributed by atoms with E-state index < -0.39 is 0 Å². The van der Waals surface area contributed by atoms with Gasteiger partial charge in [-0.15, -0.1) is 0 Å². The van der Waals surface area contributed by atoms with Gasteiger partial charge in [-0.05, 0) is 12.8 Å². The highest BCUT2D eigenvalue weighted by atomic mass is 16.1. The molecule has 0 bridgehead atoms. The van der Waals surface area contributed by atoms with E-state index in [-0.39, 0.29) is 5.56 Å². The summed E-state index contributed by atoms with van der Waals surface area (Å²) in [6.07, 6.45) is 12.2. The zero-order chi connectivity index (χ0) is 9.80. The fourth-order valence-corrected chi connectivity index (χ4v) is 1.54. The van der Waals surface area contributed by atoms with Crippen LogP contribution in [0, 0.1) is 0 Å². The van der Waals surface area contributed by atoms with Crippen LogP contribution in [0.1, 0.15) is 18.4 Å². The van der Waals surface area contributed by atoms with Gasteiger partial charge in [-0.3, -0.25) is 4.79 Å². The van der Waals surface area contributed by atoms with E-state index in [0.29, 0.717) is 6.42 Å². The Morgan fingerprint density at radius 3 is 3.14 bits per heavy atom. The molecule has 0 saturated carbocycles. The molecule has 1 aliphatic carbocycles. The number of hydrogen-bond donors (Lipinski definition) is 1. The fraction of sp³-hybridized carbons (Fsp3) is 0.273. The van der Waals surface area contributed by atoms with Crippen LogP contribution in [0.15, 0.2) is 41.1 Å². The summed E-state index contributed by atoms with van der Waals surface area (Å²) in [5.74, 6) is 0. The second-order valence-corrected chi connectivity index (χ2v) is 3.37. The Labute approximate surface area is 82.2 Å². The lowest BCUT2D eigenvalue weighted by Gasteiger charge is -2.07. The normalized spacial score (nSPS) is 15.3. The van der Waals surface area contributed by atoms with E-state index in [1.807, 2.05) is 6.08 Å². The van der Waals surface area contributed by atoms with Crippen LogP contribution in [0.3, 0.4) is 0 Å². The minimum Gasteiger partial charge on any atom is -0.313 e. The van der Waals surface area contributed by atoms with Gasteiger partial charge in [-0.1, -0.05) is 23.8 Å². The van der Waals surface area contributed by atoms with E-state index in [1.165, 1.54) is 11.9 Å². The third kappa shape index (κ3) is 1.99. The lowest BCUT2D eigenvalue weighted by atomic mass is 9.99. The van der Waals surface area contributed by atoms with Crippen molar-refractivity contribution in [3.05, 3.63) is 52.2 Å². The Kier molecular flexibility index (Phi) is 2.58. The quantitative estimate of drug-likeness (QED) is 0.766. The molecule has 0 radical (unpaired) electrons. The fourth-order valence-electron chi connectivity index (χ4n) is 1.54. The summed E-state index contributed by atoms with van der Waals surface area (Å²) in [5, 5.41) is 0. The summed E-state index contributed by atoms with van der Waals surface area (Å²) in [4.78, 5) is 17.8. The second-order valence-electron chi connectivity index (χ2n) is 3.37. The molecule has 3 heteroatoms. The summed E-state index contributed by atoms with van der Waals surface area (Å²) in [7, 11) is 0. The molecule has 72 valence electrons. The number of aromatic nitrogens is 2. The van der Waals surface area contributed by atoms with E-state index in [2.05, 4.69) is 22.1 Å². The van der Waals surface area contributed by atoms with Crippen LogP contribution in [0.4, 0.5) is 0 Å². The average Bonchev–Trinajstić information content (AvgIpc) is 2.23. The number of nitrogens with zero attached hydrogens (tertiary/aromatic N) is 1. The van der Waals surface area contributed by atoms with Crippen molar-refractivity contribution in [1.29, 1.82) is 0 Å². The van der Waals surface area contributed by atoms with Crippen LogP contribution >= 0.6 is 0 Å². The minimum absolute atomic E-state index is 0.0320. The summed E-state index contributed by atoms with van der Waals surface area (Å²) >= 11 is 0. The maximum atomic E-state index is 11.4. The molecule has 0 unspecified atom stereocenters. The Bertz CT molecular complexity index is 429. The van der Waals surface area contributed by atoms with E-state index >= 15 is 0 Å². The van der Waals surface area contributed by atoms with Crippen LogP contribution < -0.4 is 5.56 Å². The Hall–Kier alpha value is -1.64. The smallest absolute Gasteiger partial charge is 0.254 e. The lowest BCUT2D eigenvalue weighted by molar-refractivity contribution is 0.893. The molecule has 0 atom stereocenters. The van der Waals surface area contributed by atoms with Crippen LogP contribution in [0.25, 0.3) is 0 Å². The molecule has 3 nitrogen and oxygen atoms in total. The van der Waals surface area contributed by atoms with Crippen molar-refractivity contribution in [2.45, 2.75) is 19.3 Å². The number of allylic oxidation sites excluding steroid dienone is 4. The number of rotatable bonds is 2. The monoisotopic (exact) mass is 188 g/mol. The van der Waals surface area contributed by atoms with Crippen molar-refractivity contribution in [3.8, 4) is 0 Å². The highest BCUT2D eigenvalue weighted by Gasteiger charge is 2.04. The number of H-pyrrole nitrogens is 1. The van der Waals surface area contributed by atoms with E-state index in [1.54, 1.807) is 6.20 Å². The first-order chi connectivity index (χ1) is 6.86. The zero-order valence-electron chi connectivity index (χ0n) is 7.86. The maximum Gasteiger partial charge on any atom is 0.254 e.